The van der Waals surface area contributed by atoms with Crippen LogP contribution in [0.3, 0.4) is 0 Å². The monoisotopic (exact) mass is 454 g/mol. The highest BCUT2D eigenvalue weighted by atomic mass is 32.2. The number of rotatable bonds is 8. The fourth-order valence-corrected chi connectivity index (χ4v) is 4.44. The second kappa shape index (κ2) is 9.61. The van der Waals surface area contributed by atoms with Crippen molar-refractivity contribution in [1.82, 2.24) is 0 Å². The summed E-state index contributed by atoms with van der Waals surface area (Å²) in [7, 11) is -4.25. The standard InChI is InChI=1S/C23H22N2O6S/c1-3-18-10-12-19(13-11-18)24(32(29,30)20-14-8-17(2)9-15-20)23(26)16-31-22-7-5-4-6-21(22)25(27)28/h4-15H,3,16H2,1-2H3. The van der Waals surface area contributed by atoms with Crippen molar-refractivity contribution in [2.75, 3.05) is 10.9 Å². The highest BCUT2D eigenvalue weighted by Crippen LogP contribution is 2.28. The summed E-state index contributed by atoms with van der Waals surface area (Å²) in [5, 5.41) is 11.2. The maximum Gasteiger partial charge on any atom is 0.310 e. The van der Waals surface area contributed by atoms with E-state index in [4.69, 9.17) is 4.74 Å². The van der Waals surface area contributed by atoms with Crippen molar-refractivity contribution in [1.29, 1.82) is 0 Å². The summed E-state index contributed by atoms with van der Waals surface area (Å²) in [5.41, 5.74) is 1.68. The zero-order valence-electron chi connectivity index (χ0n) is 17.6. The summed E-state index contributed by atoms with van der Waals surface area (Å²) < 4.78 is 32.8. The summed E-state index contributed by atoms with van der Waals surface area (Å²) in [6, 6.07) is 18.3. The number of hydrogen-bond acceptors (Lipinski definition) is 6. The Balaban J connectivity index is 1.97. The van der Waals surface area contributed by atoms with Crippen molar-refractivity contribution < 1.29 is 22.9 Å². The fraction of sp³-hybridized carbons (Fsp3) is 0.174. The van der Waals surface area contributed by atoms with Gasteiger partial charge in [0, 0.05) is 6.07 Å². The molecule has 166 valence electrons. The third-order valence-electron chi connectivity index (χ3n) is 4.78. The molecule has 0 spiro atoms. The number of ether oxygens (including phenoxy) is 1. The molecule has 3 aromatic carbocycles. The number of carbonyl (C=O) groups is 1. The van der Waals surface area contributed by atoms with Crippen molar-refractivity contribution in [2.45, 2.75) is 25.2 Å². The predicted molar refractivity (Wildman–Crippen MR) is 120 cm³/mol. The average molecular weight is 455 g/mol. The van der Waals surface area contributed by atoms with Gasteiger partial charge in [0.05, 0.1) is 15.5 Å². The van der Waals surface area contributed by atoms with E-state index in [1.807, 2.05) is 13.8 Å². The summed E-state index contributed by atoms with van der Waals surface area (Å²) in [6.07, 6.45) is 0.750. The molecule has 0 bridgehead atoms. The van der Waals surface area contributed by atoms with Gasteiger partial charge in [-0.1, -0.05) is 48.9 Å². The minimum Gasteiger partial charge on any atom is -0.477 e. The van der Waals surface area contributed by atoms with Crippen LogP contribution in [0.4, 0.5) is 11.4 Å². The Morgan fingerprint density at radius 2 is 1.62 bits per heavy atom. The van der Waals surface area contributed by atoms with Crippen LogP contribution in [0.1, 0.15) is 18.1 Å². The minimum absolute atomic E-state index is 0.0540. The molecular formula is C23H22N2O6S. The lowest BCUT2D eigenvalue weighted by Crippen LogP contribution is -2.40. The van der Waals surface area contributed by atoms with E-state index in [1.54, 1.807) is 36.4 Å². The molecule has 0 aliphatic rings. The third-order valence-corrected chi connectivity index (χ3v) is 6.54. The molecular weight excluding hydrogens is 432 g/mol. The van der Waals surface area contributed by atoms with Gasteiger partial charge in [-0.25, -0.2) is 8.42 Å². The van der Waals surface area contributed by atoms with E-state index in [2.05, 4.69) is 0 Å². The van der Waals surface area contributed by atoms with Crippen LogP contribution in [0.15, 0.2) is 77.7 Å². The first-order valence-corrected chi connectivity index (χ1v) is 11.3. The Kier molecular flexibility index (Phi) is 6.89. The van der Waals surface area contributed by atoms with Crippen molar-refractivity contribution in [3.63, 3.8) is 0 Å². The van der Waals surface area contributed by atoms with Gasteiger partial charge < -0.3 is 4.74 Å². The maximum absolute atomic E-state index is 13.4. The summed E-state index contributed by atoms with van der Waals surface area (Å²) >= 11 is 0. The molecule has 0 fully saturated rings. The van der Waals surface area contributed by atoms with Gasteiger partial charge in [-0.2, -0.15) is 4.31 Å². The van der Waals surface area contributed by atoms with Crippen LogP contribution in [0.25, 0.3) is 0 Å². The second-order valence-electron chi connectivity index (χ2n) is 7.01. The Bertz CT molecular complexity index is 1220. The fourth-order valence-electron chi connectivity index (χ4n) is 3.03. The van der Waals surface area contributed by atoms with Crippen molar-refractivity contribution in [3.8, 4) is 5.75 Å². The first kappa shape index (κ1) is 23.0. The number of carbonyl (C=O) groups excluding carboxylic acids is 1. The van der Waals surface area contributed by atoms with Gasteiger partial charge in [0.25, 0.3) is 15.9 Å². The molecule has 0 atom stereocenters. The lowest BCUT2D eigenvalue weighted by atomic mass is 10.1. The summed E-state index contributed by atoms with van der Waals surface area (Å²) in [5.74, 6) is -1.01. The van der Waals surface area contributed by atoms with Crippen LogP contribution in [-0.2, 0) is 21.2 Å². The van der Waals surface area contributed by atoms with E-state index in [9.17, 15) is 23.3 Å². The average Bonchev–Trinajstić information content (AvgIpc) is 2.78. The molecule has 9 heteroatoms. The number of nitrogens with zero attached hydrogens (tertiary/aromatic N) is 2. The second-order valence-corrected chi connectivity index (χ2v) is 8.80. The molecule has 3 aromatic rings. The van der Waals surface area contributed by atoms with E-state index in [1.165, 1.54) is 36.4 Å². The highest BCUT2D eigenvalue weighted by molar-refractivity contribution is 7.93. The molecule has 0 aromatic heterocycles. The van der Waals surface area contributed by atoms with Gasteiger partial charge in [0.1, 0.15) is 0 Å². The van der Waals surface area contributed by atoms with Crippen LogP contribution in [-0.4, -0.2) is 25.9 Å². The Labute approximate surface area is 186 Å². The van der Waals surface area contributed by atoms with Crippen molar-refractivity contribution >= 4 is 27.3 Å². The third kappa shape index (κ3) is 4.94. The minimum atomic E-state index is -4.25. The van der Waals surface area contributed by atoms with Gasteiger partial charge in [0.2, 0.25) is 0 Å². The zero-order chi connectivity index (χ0) is 23.3. The Morgan fingerprint density at radius 3 is 2.22 bits per heavy atom. The largest absolute Gasteiger partial charge is 0.477 e. The summed E-state index contributed by atoms with van der Waals surface area (Å²) in [4.78, 5) is 23.6. The molecule has 0 aliphatic carbocycles. The zero-order valence-corrected chi connectivity index (χ0v) is 18.4. The highest BCUT2D eigenvalue weighted by Gasteiger charge is 2.31. The Morgan fingerprint density at radius 1 is 1.00 bits per heavy atom. The smallest absolute Gasteiger partial charge is 0.310 e. The van der Waals surface area contributed by atoms with Gasteiger partial charge in [-0.05, 0) is 49.2 Å². The molecule has 0 heterocycles. The topological polar surface area (TPSA) is 107 Å². The molecule has 8 nitrogen and oxygen atoms in total. The molecule has 0 saturated carbocycles. The van der Waals surface area contributed by atoms with Gasteiger partial charge in [0.15, 0.2) is 12.4 Å². The molecule has 0 aliphatic heterocycles. The molecule has 32 heavy (non-hydrogen) atoms. The van der Waals surface area contributed by atoms with Gasteiger partial charge in [-0.3, -0.25) is 14.9 Å². The first-order valence-electron chi connectivity index (χ1n) is 9.84. The van der Waals surface area contributed by atoms with Crippen LogP contribution in [0.5, 0.6) is 5.75 Å². The number of amides is 1. The normalized spacial score (nSPS) is 11.1. The number of sulfonamides is 1. The first-order chi connectivity index (χ1) is 15.2. The molecule has 0 saturated heterocycles. The van der Waals surface area contributed by atoms with Crippen LogP contribution < -0.4 is 9.04 Å². The number of hydrogen-bond donors (Lipinski definition) is 0. The lowest BCUT2D eigenvalue weighted by Gasteiger charge is -2.23. The number of nitro groups is 1. The molecule has 0 unspecified atom stereocenters. The van der Waals surface area contributed by atoms with E-state index in [0.717, 1.165) is 17.5 Å². The Hall–Kier alpha value is -3.72. The predicted octanol–water partition coefficient (Wildman–Crippen LogP) is 4.27. The van der Waals surface area contributed by atoms with Gasteiger partial charge in [-0.15, -0.1) is 0 Å². The quantitative estimate of drug-likeness (QED) is 0.372. The van der Waals surface area contributed by atoms with Crippen molar-refractivity contribution in [2.24, 2.45) is 0 Å². The SMILES string of the molecule is CCc1ccc(N(C(=O)COc2ccccc2[N+](=O)[O-])S(=O)(=O)c2ccc(C)cc2)cc1. The van der Waals surface area contributed by atoms with Crippen molar-refractivity contribution in [3.05, 3.63) is 94.0 Å². The number of anilines is 1. The van der Waals surface area contributed by atoms with E-state index >= 15 is 0 Å². The van der Waals surface area contributed by atoms with Crippen LogP contribution in [0.2, 0.25) is 0 Å². The van der Waals surface area contributed by atoms with E-state index in [0.29, 0.717) is 4.31 Å². The summed E-state index contributed by atoms with van der Waals surface area (Å²) in [6.45, 7) is 3.08. The number of para-hydroxylation sites is 2. The van der Waals surface area contributed by atoms with E-state index < -0.39 is 27.5 Å². The molecule has 1 amide bonds. The van der Waals surface area contributed by atoms with E-state index in [-0.39, 0.29) is 22.0 Å². The van der Waals surface area contributed by atoms with Gasteiger partial charge >= 0.3 is 5.69 Å². The number of benzene rings is 3. The maximum atomic E-state index is 13.4. The van der Waals surface area contributed by atoms with Crippen LogP contribution in [0, 0.1) is 17.0 Å². The number of aryl methyl sites for hydroxylation is 2. The van der Waals surface area contributed by atoms with Crippen LogP contribution >= 0.6 is 0 Å². The molecule has 3 rings (SSSR count). The molecule has 0 N–H and O–H groups in total. The lowest BCUT2D eigenvalue weighted by molar-refractivity contribution is -0.385. The molecule has 0 radical (unpaired) electrons. The number of nitro benzene ring substituents is 1.